The number of hydrogen-bond donors (Lipinski definition) is 0. The molecule has 0 fully saturated rings. The van der Waals surface area contributed by atoms with Crippen LogP contribution in [0.1, 0.15) is 34.2 Å². The number of nitrogens with zero attached hydrogens (tertiary/aromatic N) is 18. The molecule has 0 aliphatic heterocycles. The van der Waals surface area contributed by atoms with Gasteiger partial charge in [-0.25, -0.2) is 59.9 Å². The highest BCUT2D eigenvalue weighted by Gasteiger charge is 2.23. The molecule has 24 nitrogen and oxygen atoms in total. The van der Waals surface area contributed by atoms with Crippen LogP contribution in [0.5, 0.6) is 0 Å². The maximum Gasteiger partial charge on any atom is 0.187 e. The summed E-state index contributed by atoms with van der Waals surface area (Å²) in [4.78, 5) is 47.5. The number of halogens is 3. The van der Waals surface area contributed by atoms with E-state index in [1.54, 1.807) is 85.5 Å². The number of rotatable bonds is 12. The number of hydrogen-bond acceptors (Lipinski definition) is 32. The second-order valence-corrected chi connectivity index (χ2v) is 34.1. The summed E-state index contributed by atoms with van der Waals surface area (Å²) in [5.74, 6) is -1.44. The smallest absolute Gasteiger partial charge is 0.187 e. The van der Waals surface area contributed by atoms with E-state index in [9.17, 15) is 38.4 Å². The van der Waals surface area contributed by atoms with Crippen molar-refractivity contribution in [1.82, 2.24) is 59.8 Å². The molecule has 12 rings (SSSR count). The van der Waals surface area contributed by atoms with Gasteiger partial charge in [-0.2, -0.15) is 31.6 Å². The second kappa shape index (κ2) is 36.2. The maximum absolute atomic E-state index is 13.0. The van der Waals surface area contributed by atoms with Crippen molar-refractivity contribution < 1.29 is 38.4 Å². The number of nitriles is 6. The first kappa shape index (κ1) is 76.7. The summed E-state index contributed by atoms with van der Waals surface area (Å²) in [7, 11) is -9.40. The van der Waals surface area contributed by atoms with Crippen LogP contribution in [-0.4, -0.2) is 123 Å². The summed E-state index contributed by atoms with van der Waals surface area (Å²) in [6.45, 7) is 0. The Bertz CT molecular complexity index is 5420. The third kappa shape index (κ3) is 21.2. The normalized spacial score (nSPS) is 11.1. The molecule has 498 valence electrons. The van der Waals surface area contributed by atoms with Gasteiger partial charge < -0.3 is 0 Å². The van der Waals surface area contributed by atoms with Crippen molar-refractivity contribution in [2.24, 2.45) is 0 Å². The molecule has 0 saturated heterocycles. The van der Waals surface area contributed by atoms with E-state index in [2.05, 4.69) is 65.9 Å². The molecular formula is C60H39F3N18O6S12. The SMILES string of the molecule is CS(=O)(=O)c1sc(-c2cccnc2)nc1C#N.CS(=O)(=O)c1sc(-c2cncc(F)c2)nc1C#N.CS(=O)c1sc(-c2cccnc2)nc1C#N.CS(=O)c1sc(-c2cncc(F)c2)nc1C#N.CSc1sc(-c2cccnc2)nc1C#N.CSc1sc(-c2cncc(F)c2)nc1C#N. The molecule has 0 saturated carbocycles. The predicted molar refractivity (Wildman–Crippen MR) is 375 cm³/mol. The van der Waals surface area contributed by atoms with Crippen LogP contribution >= 0.6 is 91.5 Å². The van der Waals surface area contributed by atoms with E-state index in [4.69, 9.17) is 31.6 Å². The number of thiazole rings is 6. The quantitative estimate of drug-likeness (QED) is 0.103. The third-order valence-corrected chi connectivity index (χ3v) is 26.8. The van der Waals surface area contributed by atoms with Gasteiger partial charge in [0.1, 0.15) is 92.3 Å². The Morgan fingerprint density at radius 2 is 0.646 bits per heavy atom. The fraction of sp³-hybridized carbons (Fsp3) is 0.100. The Morgan fingerprint density at radius 1 is 0.384 bits per heavy atom. The van der Waals surface area contributed by atoms with Gasteiger partial charge in [0.25, 0.3) is 0 Å². The highest BCUT2D eigenvalue weighted by atomic mass is 32.2. The molecule has 0 aliphatic carbocycles. The Labute approximate surface area is 600 Å². The Hall–Kier alpha value is -9.69. The van der Waals surface area contributed by atoms with Crippen LogP contribution in [0.25, 0.3) is 63.4 Å². The molecule has 2 atom stereocenters. The van der Waals surface area contributed by atoms with Crippen molar-refractivity contribution >= 4 is 133 Å². The number of thioether (sulfide) groups is 2. The Balaban J connectivity index is 0.000000167. The van der Waals surface area contributed by atoms with Gasteiger partial charge in [0, 0.05) is 114 Å². The van der Waals surface area contributed by atoms with E-state index >= 15 is 0 Å². The van der Waals surface area contributed by atoms with Crippen molar-refractivity contribution in [3.05, 3.63) is 181 Å². The predicted octanol–water partition coefficient (Wildman–Crippen LogP) is 12.6. The van der Waals surface area contributed by atoms with Gasteiger partial charge in [-0.3, -0.25) is 38.3 Å². The minimum absolute atomic E-state index is 0.00106. The second-order valence-electron chi connectivity index (χ2n) is 18.4. The largest absolute Gasteiger partial charge is 0.264 e. The minimum Gasteiger partial charge on any atom is -0.264 e. The van der Waals surface area contributed by atoms with Gasteiger partial charge >= 0.3 is 0 Å². The van der Waals surface area contributed by atoms with Gasteiger partial charge in [0.15, 0.2) is 62.3 Å². The van der Waals surface area contributed by atoms with Crippen molar-refractivity contribution in [2.75, 3.05) is 37.5 Å². The molecule has 0 radical (unpaired) electrons. The lowest BCUT2D eigenvalue weighted by Crippen LogP contribution is -1.96. The zero-order chi connectivity index (χ0) is 72.0. The molecule has 0 N–H and O–H groups in total. The number of aromatic nitrogens is 12. The van der Waals surface area contributed by atoms with Crippen molar-refractivity contribution in [2.45, 2.75) is 25.3 Å². The van der Waals surface area contributed by atoms with Crippen LogP contribution < -0.4 is 0 Å². The average Bonchev–Trinajstić information content (AvgIpc) is 1.67. The van der Waals surface area contributed by atoms with Crippen LogP contribution in [0.2, 0.25) is 0 Å². The lowest BCUT2D eigenvalue weighted by molar-refractivity contribution is 0.601. The summed E-state index contributed by atoms with van der Waals surface area (Å²) in [6, 6.07) is 26.2. The Morgan fingerprint density at radius 3 is 0.889 bits per heavy atom. The molecule has 2 unspecified atom stereocenters. The van der Waals surface area contributed by atoms with E-state index in [-0.39, 0.29) is 36.2 Å². The number of sulfone groups is 2. The molecule has 39 heteroatoms. The van der Waals surface area contributed by atoms with Crippen LogP contribution in [0.3, 0.4) is 0 Å². The lowest BCUT2D eigenvalue weighted by Gasteiger charge is -1.94. The molecule has 12 heterocycles. The van der Waals surface area contributed by atoms with Crippen LogP contribution in [0.15, 0.2) is 154 Å². The van der Waals surface area contributed by atoms with Crippen molar-refractivity contribution in [3.63, 3.8) is 0 Å². The molecule has 0 bridgehead atoms. The molecule has 0 spiro atoms. The summed E-state index contributed by atoms with van der Waals surface area (Å²) in [6.07, 6.45) is 26.5. The first-order valence-electron chi connectivity index (χ1n) is 26.5. The van der Waals surface area contributed by atoms with Crippen molar-refractivity contribution in [3.8, 4) is 99.8 Å². The van der Waals surface area contributed by atoms with E-state index in [1.807, 2.05) is 48.9 Å². The van der Waals surface area contributed by atoms with Gasteiger partial charge in [0.2, 0.25) is 0 Å². The van der Waals surface area contributed by atoms with Gasteiger partial charge in [-0.15, -0.1) is 91.5 Å². The zero-order valence-corrected chi connectivity index (χ0v) is 61.0. The fourth-order valence-electron chi connectivity index (χ4n) is 7.22. The topological polar surface area (TPSA) is 400 Å². The van der Waals surface area contributed by atoms with Gasteiger partial charge in [0.05, 0.1) is 48.6 Å². The Kier molecular flexibility index (Phi) is 28.1. The van der Waals surface area contributed by atoms with Gasteiger partial charge in [-0.05, 0) is 67.1 Å². The average molecular weight is 1550 g/mol. The highest BCUT2D eigenvalue weighted by molar-refractivity contribution is 8.00. The minimum atomic E-state index is -3.52. The summed E-state index contributed by atoms with van der Waals surface area (Å²) in [5, 5.41) is 56.5. The molecular weight excluding hydrogens is 1510 g/mol. The van der Waals surface area contributed by atoms with E-state index in [0.717, 1.165) is 89.7 Å². The summed E-state index contributed by atoms with van der Waals surface area (Å²) < 4.78 is 110. The van der Waals surface area contributed by atoms with E-state index in [0.29, 0.717) is 62.1 Å². The van der Waals surface area contributed by atoms with Crippen LogP contribution in [-0.2, 0) is 41.3 Å². The molecule has 12 aromatic heterocycles. The lowest BCUT2D eigenvalue weighted by atomic mass is 10.3. The summed E-state index contributed by atoms with van der Waals surface area (Å²) in [5.41, 5.74) is 4.92. The molecule has 0 aliphatic rings. The fourth-order valence-corrected chi connectivity index (χ4v) is 18.1. The monoisotopic (exact) mass is 1550 g/mol. The standard InChI is InChI=1S/C10H6FN3O2S2.C10H6FN3OS2.C10H6FN3S2.C10H7N3O2S2.C10H7N3OS2.C10H7N3S2/c1-18(15,16)10-8(3-12)14-9(17-10)6-2-7(11)5-13-4-6;1-17(15)10-8(3-12)14-9(16-10)6-2-7(11)5-13-4-6;1-15-10-8(3-12)14-9(16-10)6-2-7(11)5-13-4-6;1-17(14,15)10-8(5-11)13-9(16-10)7-3-2-4-12-6-7;1-16(14)10-8(5-11)13-9(15-10)7-3-2-4-12-6-7;1-14-10-8(5-11)13-9(15-10)7-3-2-4-12-6-7/h2,4-5H,1H3;2,4-5H,1H3;2,4-5H,1H3;2-4,6H,1H3;2-4,6H,1H3;2-4,6H,1H3. The molecule has 99 heavy (non-hydrogen) atoms. The van der Waals surface area contributed by atoms with Crippen molar-refractivity contribution in [1.29, 1.82) is 31.6 Å². The maximum atomic E-state index is 13.0. The van der Waals surface area contributed by atoms with Crippen LogP contribution in [0, 0.1) is 85.4 Å². The van der Waals surface area contributed by atoms with Gasteiger partial charge in [-0.1, -0.05) is 0 Å². The third-order valence-electron chi connectivity index (χ3n) is 11.4. The summed E-state index contributed by atoms with van der Waals surface area (Å²) >= 11 is 10.1. The molecule has 0 aromatic carbocycles. The first-order chi connectivity index (χ1) is 47.4. The molecule has 12 aromatic rings. The van der Waals surface area contributed by atoms with Crippen LogP contribution in [0.4, 0.5) is 13.2 Å². The molecule has 0 amide bonds. The number of pyridine rings is 6. The van der Waals surface area contributed by atoms with E-state index < -0.39 is 58.7 Å². The zero-order valence-electron chi connectivity index (χ0n) is 51.2. The first-order valence-corrected chi connectivity index (χ1v) is 40.8. The van der Waals surface area contributed by atoms with E-state index in [1.165, 1.54) is 88.8 Å². The highest BCUT2D eigenvalue weighted by Crippen LogP contribution is 2.37.